The molecule has 5 nitrogen and oxygen atoms in total. The van der Waals surface area contributed by atoms with Gasteiger partial charge >= 0.3 is 5.97 Å². The maximum atomic E-state index is 13.7. The molecule has 0 aromatic heterocycles. The van der Waals surface area contributed by atoms with Gasteiger partial charge in [-0.05, 0) is 89.9 Å². The van der Waals surface area contributed by atoms with Gasteiger partial charge in [0.1, 0.15) is 11.8 Å². The Morgan fingerprint density at radius 2 is 1.39 bits per heavy atom. The molecule has 1 aliphatic rings. The highest BCUT2D eigenvalue weighted by atomic mass is 32.3. The summed E-state index contributed by atoms with van der Waals surface area (Å²) < 4.78 is 5.44. The van der Waals surface area contributed by atoms with E-state index < -0.39 is 22.0 Å². The van der Waals surface area contributed by atoms with Crippen LogP contribution in [0.1, 0.15) is 30.9 Å². The monoisotopic (exact) mass is 505 g/mol. The molecule has 6 heteroatoms. The summed E-state index contributed by atoms with van der Waals surface area (Å²) in [6.45, 7) is 6.60. The molecule has 36 heavy (non-hydrogen) atoms. The number of carboxylic acids is 1. The standard InChI is InChI=1S/C30H35NO4S/c1-21-7-13-25(14-8-21)36(26-15-9-22(2)10-16-26,27-17-11-24(35-4)12-18-27)20-23(3)29(32)31-19-5-6-28(31)30(33)34/h7-18,23,28H,5-6,19-20H2,1-4H3,(H,33,34)/t23-,28-/m0/s1. The molecule has 1 amide bonds. The first kappa shape index (κ1) is 25.8. The van der Waals surface area contributed by atoms with Gasteiger partial charge in [-0.15, -0.1) is 0 Å². The third kappa shape index (κ3) is 5.00. The van der Waals surface area contributed by atoms with Crippen molar-refractivity contribution in [2.75, 3.05) is 19.4 Å². The maximum absolute atomic E-state index is 13.7. The molecule has 1 heterocycles. The van der Waals surface area contributed by atoms with Crippen molar-refractivity contribution in [3.05, 3.63) is 83.9 Å². The van der Waals surface area contributed by atoms with Gasteiger partial charge in [0.05, 0.1) is 7.11 Å². The predicted octanol–water partition coefficient (Wildman–Crippen LogP) is 6.31. The van der Waals surface area contributed by atoms with Gasteiger partial charge in [0.2, 0.25) is 5.91 Å². The SMILES string of the molecule is COc1ccc(S(C[C@H](C)C(=O)N2CCC[C@H]2C(=O)O)(c2ccc(C)cc2)c2ccc(C)cc2)cc1. The number of amides is 1. The van der Waals surface area contributed by atoms with Crippen LogP contribution in [-0.4, -0.2) is 47.3 Å². The van der Waals surface area contributed by atoms with Crippen LogP contribution in [0.4, 0.5) is 0 Å². The average molecular weight is 506 g/mol. The molecule has 1 N–H and O–H groups in total. The van der Waals surface area contributed by atoms with Gasteiger partial charge in [0.15, 0.2) is 0 Å². The fraction of sp³-hybridized carbons (Fsp3) is 0.333. The fourth-order valence-corrected chi connectivity index (χ4v) is 9.15. The summed E-state index contributed by atoms with van der Waals surface area (Å²) in [6.07, 6.45) is 1.24. The zero-order chi connectivity index (χ0) is 25.9. The number of methoxy groups -OCH3 is 1. The number of rotatable bonds is 8. The third-order valence-electron chi connectivity index (χ3n) is 7.05. The van der Waals surface area contributed by atoms with E-state index in [2.05, 4.69) is 74.5 Å². The molecule has 3 aromatic carbocycles. The van der Waals surface area contributed by atoms with Crippen LogP contribution in [0.25, 0.3) is 0 Å². The number of aryl methyl sites for hydroxylation is 2. The fourth-order valence-electron chi connectivity index (χ4n) is 5.06. The lowest BCUT2D eigenvalue weighted by atomic mass is 10.1. The molecule has 1 saturated heterocycles. The van der Waals surface area contributed by atoms with Crippen LogP contribution < -0.4 is 4.74 Å². The van der Waals surface area contributed by atoms with E-state index >= 15 is 0 Å². The van der Waals surface area contributed by atoms with Crippen LogP contribution in [0.3, 0.4) is 0 Å². The number of hydrogen-bond acceptors (Lipinski definition) is 3. The molecule has 0 aliphatic carbocycles. The number of carbonyl (C=O) groups excluding carboxylic acids is 1. The Morgan fingerprint density at radius 3 is 1.83 bits per heavy atom. The minimum atomic E-state index is -1.85. The number of aliphatic carboxylic acids is 1. The summed E-state index contributed by atoms with van der Waals surface area (Å²) in [4.78, 5) is 30.6. The van der Waals surface area contributed by atoms with Crippen molar-refractivity contribution in [1.82, 2.24) is 4.90 Å². The van der Waals surface area contributed by atoms with Crippen LogP contribution >= 0.6 is 10.0 Å². The minimum absolute atomic E-state index is 0.0792. The summed E-state index contributed by atoms with van der Waals surface area (Å²) >= 11 is 0. The van der Waals surface area contributed by atoms with Gasteiger partial charge < -0.3 is 14.7 Å². The number of carboxylic acid groups (broad SMARTS) is 1. The van der Waals surface area contributed by atoms with E-state index in [4.69, 9.17) is 4.74 Å². The van der Waals surface area contributed by atoms with Gasteiger partial charge in [0.25, 0.3) is 0 Å². The van der Waals surface area contributed by atoms with Gasteiger partial charge in [-0.25, -0.2) is 4.79 Å². The molecule has 0 saturated carbocycles. The van der Waals surface area contributed by atoms with E-state index in [0.29, 0.717) is 18.7 Å². The van der Waals surface area contributed by atoms with E-state index in [-0.39, 0.29) is 11.8 Å². The van der Waals surface area contributed by atoms with Crippen LogP contribution in [0, 0.1) is 19.8 Å². The lowest BCUT2D eigenvalue weighted by molar-refractivity contribution is -0.149. The summed E-state index contributed by atoms with van der Waals surface area (Å²) in [7, 11) is -0.196. The number of benzene rings is 3. The zero-order valence-corrected chi connectivity index (χ0v) is 22.3. The zero-order valence-electron chi connectivity index (χ0n) is 21.4. The topological polar surface area (TPSA) is 66.8 Å². The molecule has 0 bridgehead atoms. The summed E-state index contributed by atoms with van der Waals surface area (Å²) in [5, 5.41) is 9.68. The first-order valence-electron chi connectivity index (χ1n) is 12.4. The summed E-state index contributed by atoms with van der Waals surface area (Å²) in [5.41, 5.74) is 2.35. The van der Waals surface area contributed by atoms with E-state index in [1.165, 1.54) is 20.9 Å². The van der Waals surface area contributed by atoms with Gasteiger partial charge in [0, 0.05) is 18.2 Å². The summed E-state index contributed by atoms with van der Waals surface area (Å²) in [6, 6.07) is 24.7. The van der Waals surface area contributed by atoms with Crippen LogP contribution in [0.5, 0.6) is 5.75 Å². The summed E-state index contributed by atoms with van der Waals surface area (Å²) in [5.74, 6) is 0.0195. The van der Waals surface area contributed by atoms with Gasteiger partial charge in [-0.2, -0.15) is 10.0 Å². The molecule has 0 unspecified atom stereocenters. The highest BCUT2D eigenvalue weighted by Crippen LogP contribution is 2.69. The van der Waals surface area contributed by atoms with E-state index in [1.54, 1.807) is 12.0 Å². The number of nitrogens with zero attached hydrogens (tertiary/aromatic N) is 1. The molecular weight excluding hydrogens is 470 g/mol. The van der Waals surface area contributed by atoms with Gasteiger partial charge in [-0.3, -0.25) is 4.79 Å². The molecule has 1 aliphatic heterocycles. The van der Waals surface area contributed by atoms with Crippen LogP contribution in [0.2, 0.25) is 0 Å². The molecule has 1 fully saturated rings. The quantitative estimate of drug-likeness (QED) is 0.390. The van der Waals surface area contributed by atoms with Crippen molar-refractivity contribution in [3.8, 4) is 5.75 Å². The van der Waals surface area contributed by atoms with Crippen molar-refractivity contribution in [3.63, 3.8) is 0 Å². The Hall–Kier alpha value is -3.25. The second-order valence-electron chi connectivity index (χ2n) is 9.64. The molecule has 3 aromatic rings. The molecule has 0 radical (unpaired) electrons. The Morgan fingerprint density at radius 1 is 0.917 bits per heavy atom. The molecule has 4 rings (SSSR count). The molecule has 2 atom stereocenters. The number of ether oxygens (including phenoxy) is 1. The predicted molar refractivity (Wildman–Crippen MR) is 144 cm³/mol. The lowest BCUT2D eigenvalue weighted by Crippen LogP contribution is -2.44. The first-order chi connectivity index (χ1) is 17.3. The average Bonchev–Trinajstić information content (AvgIpc) is 3.38. The van der Waals surface area contributed by atoms with Crippen molar-refractivity contribution in [2.24, 2.45) is 5.92 Å². The van der Waals surface area contributed by atoms with Gasteiger partial charge in [-0.1, -0.05) is 42.3 Å². The second kappa shape index (κ2) is 10.8. The highest BCUT2D eigenvalue weighted by Gasteiger charge is 2.40. The molecular formula is C30H35NO4S. The smallest absolute Gasteiger partial charge is 0.326 e. The highest BCUT2D eigenvalue weighted by molar-refractivity contribution is 8.33. The third-order valence-corrected chi connectivity index (χ3v) is 11.3. The van der Waals surface area contributed by atoms with Crippen molar-refractivity contribution in [1.29, 1.82) is 0 Å². The molecule has 0 spiro atoms. The van der Waals surface area contributed by atoms with E-state index in [0.717, 1.165) is 17.1 Å². The number of likely N-dealkylation sites (tertiary alicyclic amines) is 1. The first-order valence-corrected chi connectivity index (χ1v) is 14.2. The normalized spacial score (nSPS) is 17.0. The maximum Gasteiger partial charge on any atom is 0.326 e. The van der Waals surface area contributed by atoms with Crippen molar-refractivity contribution >= 4 is 21.9 Å². The number of carbonyl (C=O) groups is 2. The Bertz CT molecular complexity index is 1160. The van der Waals surface area contributed by atoms with Crippen molar-refractivity contribution < 1.29 is 19.4 Å². The number of hydrogen-bond donors (Lipinski definition) is 1. The van der Waals surface area contributed by atoms with Crippen molar-refractivity contribution in [2.45, 2.75) is 54.3 Å². The Balaban J connectivity index is 1.86. The van der Waals surface area contributed by atoms with Crippen LogP contribution in [0.15, 0.2) is 87.5 Å². The van der Waals surface area contributed by atoms with E-state index in [1.807, 2.05) is 19.1 Å². The van der Waals surface area contributed by atoms with E-state index in [9.17, 15) is 14.7 Å². The van der Waals surface area contributed by atoms with Crippen LogP contribution in [-0.2, 0) is 9.59 Å². The lowest BCUT2D eigenvalue weighted by Gasteiger charge is -2.44. The second-order valence-corrected chi connectivity index (χ2v) is 12.9. The molecule has 190 valence electrons. The minimum Gasteiger partial charge on any atom is -0.497 e. The largest absolute Gasteiger partial charge is 0.497 e. The Kier molecular flexibility index (Phi) is 7.74. The Labute approximate surface area is 215 Å².